The largest absolute Gasteiger partial charge is 0.390 e. The van der Waals surface area contributed by atoms with Gasteiger partial charge in [0.05, 0.1) is 30.9 Å². The summed E-state index contributed by atoms with van der Waals surface area (Å²) in [5.41, 5.74) is 1.13. The van der Waals surface area contributed by atoms with Gasteiger partial charge in [-0.15, -0.1) is 0 Å². The Morgan fingerprint density at radius 2 is 1.85 bits per heavy atom. The van der Waals surface area contributed by atoms with E-state index in [2.05, 4.69) is 22.2 Å². The summed E-state index contributed by atoms with van der Waals surface area (Å²) in [7, 11) is 2.15. The van der Waals surface area contributed by atoms with Crippen molar-refractivity contribution < 1.29 is 14.6 Å². The molecule has 0 aromatic heterocycles. The summed E-state index contributed by atoms with van der Waals surface area (Å²) < 4.78 is 5.68. The summed E-state index contributed by atoms with van der Waals surface area (Å²) in [6, 6.07) is 7.99. The number of likely N-dealkylation sites (N-methyl/N-ethyl adjacent to an activating group) is 1. The predicted molar refractivity (Wildman–Crippen MR) is 106 cm³/mol. The summed E-state index contributed by atoms with van der Waals surface area (Å²) in [6.45, 7) is 9.05. The molecule has 2 saturated heterocycles. The van der Waals surface area contributed by atoms with E-state index in [0.717, 1.165) is 38.2 Å². The van der Waals surface area contributed by atoms with Crippen LogP contribution in [0.3, 0.4) is 0 Å². The molecule has 0 radical (unpaired) electrons. The van der Waals surface area contributed by atoms with Crippen molar-refractivity contribution in [3.8, 4) is 0 Å². The second kappa shape index (κ2) is 8.69. The van der Waals surface area contributed by atoms with Crippen LogP contribution in [0, 0.1) is 0 Å². The number of nitrogens with zero attached hydrogens (tertiary/aromatic N) is 2. The number of hydrogen-bond acceptors (Lipinski definition) is 5. The standard InChI is InChI=1S/C21H33N3O3/c1-21(2,26)9-8-16-4-6-17(7-5-16)20(25)22-18-14-27-15-19(18)24-12-10-23(3)11-13-24/h4-7,18-19,26H,8-15H2,1-3H3,(H,22,25). The van der Waals surface area contributed by atoms with Crippen molar-refractivity contribution in [2.24, 2.45) is 0 Å². The number of nitrogens with one attached hydrogen (secondary N) is 1. The minimum Gasteiger partial charge on any atom is -0.390 e. The van der Waals surface area contributed by atoms with E-state index in [9.17, 15) is 9.90 Å². The molecule has 6 heteroatoms. The zero-order valence-electron chi connectivity index (χ0n) is 16.8. The lowest BCUT2D eigenvalue weighted by Crippen LogP contribution is -2.56. The fourth-order valence-corrected chi connectivity index (χ4v) is 3.72. The Balaban J connectivity index is 1.54. The molecule has 1 amide bonds. The summed E-state index contributed by atoms with van der Waals surface area (Å²) in [5, 5.41) is 13.0. The Kier molecular flexibility index (Phi) is 6.52. The topological polar surface area (TPSA) is 65.0 Å². The highest BCUT2D eigenvalue weighted by Gasteiger charge is 2.35. The average Bonchev–Trinajstić information content (AvgIpc) is 3.08. The summed E-state index contributed by atoms with van der Waals surface area (Å²) in [5.74, 6) is -0.0429. The van der Waals surface area contributed by atoms with Crippen LogP contribution in [0.1, 0.15) is 36.2 Å². The number of piperazine rings is 1. The number of rotatable bonds is 6. The van der Waals surface area contributed by atoms with Gasteiger partial charge in [-0.3, -0.25) is 9.69 Å². The monoisotopic (exact) mass is 375 g/mol. The van der Waals surface area contributed by atoms with Gasteiger partial charge in [-0.1, -0.05) is 12.1 Å². The van der Waals surface area contributed by atoms with Crippen molar-refractivity contribution in [1.82, 2.24) is 15.1 Å². The third-order valence-corrected chi connectivity index (χ3v) is 5.62. The number of carbonyl (C=O) groups excluding carboxylic acids is 1. The van der Waals surface area contributed by atoms with E-state index >= 15 is 0 Å². The third kappa shape index (κ3) is 5.75. The molecule has 2 aliphatic heterocycles. The number of carbonyl (C=O) groups is 1. The second-order valence-electron chi connectivity index (χ2n) is 8.53. The van der Waals surface area contributed by atoms with E-state index in [4.69, 9.17) is 4.74 Å². The van der Waals surface area contributed by atoms with Gasteiger partial charge in [0.25, 0.3) is 5.91 Å². The maximum absolute atomic E-state index is 12.7. The number of aliphatic hydroxyl groups is 1. The van der Waals surface area contributed by atoms with Crippen molar-refractivity contribution in [3.05, 3.63) is 35.4 Å². The molecule has 27 heavy (non-hydrogen) atoms. The molecule has 0 aliphatic carbocycles. The molecule has 2 fully saturated rings. The molecule has 2 heterocycles. The van der Waals surface area contributed by atoms with Crippen LogP contribution in [0.4, 0.5) is 0 Å². The van der Waals surface area contributed by atoms with Crippen LogP contribution >= 0.6 is 0 Å². The second-order valence-corrected chi connectivity index (χ2v) is 8.53. The van der Waals surface area contributed by atoms with Gasteiger partial charge in [0.2, 0.25) is 0 Å². The van der Waals surface area contributed by atoms with Crippen LogP contribution in [-0.2, 0) is 11.2 Å². The quantitative estimate of drug-likeness (QED) is 0.781. The smallest absolute Gasteiger partial charge is 0.251 e. The van der Waals surface area contributed by atoms with Crippen LogP contribution in [0.2, 0.25) is 0 Å². The maximum atomic E-state index is 12.7. The van der Waals surface area contributed by atoms with Crippen LogP contribution in [0.15, 0.2) is 24.3 Å². The molecular weight excluding hydrogens is 342 g/mol. The molecule has 2 aliphatic rings. The zero-order chi connectivity index (χ0) is 19.4. The first kappa shape index (κ1) is 20.3. The summed E-state index contributed by atoms with van der Waals surface area (Å²) in [4.78, 5) is 17.5. The average molecular weight is 376 g/mol. The van der Waals surface area contributed by atoms with Gasteiger partial charge < -0.3 is 20.1 Å². The normalized spacial score (nSPS) is 24.9. The van der Waals surface area contributed by atoms with Gasteiger partial charge in [0, 0.05) is 31.7 Å². The number of aryl methyl sites for hydroxylation is 1. The Morgan fingerprint density at radius 1 is 1.19 bits per heavy atom. The lowest BCUT2D eigenvalue weighted by molar-refractivity contribution is 0.0713. The van der Waals surface area contributed by atoms with Crippen LogP contribution in [0.25, 0.3) is 0 Å². The molecule has 2 N–H and O–H groups in total. The van der Waals surface area contributed by atoms with Crippen molar-refractivity contribution in [2.75, 3.05) is 46.4 Å². The van der Waals surface area contributed by atoms with Gasteiger partial charge in [-0.25, -0.2) is 0 Å². The summed E-state index contributed by atoms with van der Waals surface area (Å²) >= 11 is 0. The maximum Gasteiger partial charge on any atom is 0.251 e. The van der Waals surface area contributed by atoms with E-state index in [1.807, 2.05) is 38.1 Å². The molecule has 2 atom stereocenters. The lowest BCUT2D eigenvalue weighted by atomic mass is 9.98. The Hall–Kier alpha value is -1.47. The fraction of sp³-hybridized carbons (Fsp3) is 0.667. The van der Waals surface area contributed by atoms with E-state index in [0.29, 0.717) is 25.2 Å². The van der Waals surface area contributed by atoms with E-state index < -0.39 is 5.60 Å². The fourth-order valence-electron chi connectivity index (χ4n) is 3.72. The highest BCUT2D eigenvalue weighted by atomic mass is 16.5. The Morgan fingerprint density at radius 3 is 2.48 bits per heavy atom. The first-order valence-corrected chi connectivity index (χ1v) is 9.94. The minimum absolute atomic E-state index is 0.0378. The molecule has 2 unspecified atom stereocenters. The molecule has 150 valence electrons. The first-order chi connectivity index (χ1) is 12.8. The van der Waals surface area contributed by atoms with E-state index in [1.165, 1.54) is 0 Å². The highest BCUT2D eigenvalue weighted by molar-refractivity contribution is 5.94. The number of benzene rings is 1. The first-order valence-electron chi connectivity index (χ1n) is 9.94. The number of amides is 1. The number of ether oxygens (including phenoxy) is 1. The molecule has 3 rings (SSSR count). The Labute approximate surface area is 162 Å². The van der Waals surface area contributed by atoms with Gasteiger partial charge in [0.1, 0.15) is 0 Å². The third-order valence-electron chi connectivity index (χ3n) is 5.62. The molecule has 1 aromatic carbocycles. The lowest BCUT2D eigenvalue weighted by Gasteiger charge is -2.38. The SMILES string of the molecule is CN1CCN(C2COCC2NC(=O)c2ccc(CCC(C)(C)O)cc2)CC1. The summed E-state index contributed by atoms with van der Waals surface area (Å²) in [6.07, 6.45) is 1.50. The zero-order valence-corrected chi connectivity index (χ0v) is 16.8. The van der Waals surface area contributed by atoms with Crippen molar-refractivity contribution in [2.45, 2.75) is 44.4 Å². The number of hydrogen-bond donors (Lipinski definition) is 2. The Bertz CT molecular complexity index is 619. The minimum atomic E-state index is -0.670. The van der Waals surface area contributed by atoms with Crippen molar-refractivity contribution in [1.29, 1.82) is 0 Å². The van der Waals surface area contributed by atoms with Gasteiger partial charge in [-0.2, -0.15) is 0 Å². The molecule has 0 bridgehead atoms. The van der Waals surface area contributed by atoms with Crippen LogP contribution in [-0.4, -0.2) is 84.9 Å². The van der Waals surface area contributed by atoms with Crippen molar-refractivity contribution >= 4 is 5.91 Å². The van der Waals surface area contributed by atoms with Crippen LogP contribution in [0.5, 0.6) is 0 Å². The van der Waals surface area contributed by atoms with E-state index in [1.54, 1.807) is 0 Å². The van der Waals surface area contributed by atoms with Gasteiger partial charge in [0.15, 0.2) is 0 Å². The predicted octanol–water partition coefficient (Wildman–Crippen LogP) is 1.13. The van der Waals surface area contributed by atoms with Gasteiger partial charge >= 0.3 is 0 Å². The van der Waals surface area contributed by atoms with Crippen LogP contribution < -0.4 is 5.32 Å². The van der Waals surface area contributed by atoms with Crippen molar-refractivity contribution in [3.63, 3.8) is 0 Å². The molecule has 1 aromatic rings. The highest BCUT2D eigenvalue weighted by Crippen LogP contribution is 2.17. The van der Waals surface area contributed by atoms with E-state index in [-0.39, 0.29) is 18.0 Å². The molecule has 0 saturated carbocycles. The molecule has 0 spiro atoms. The molecular formula is C21H33N3O3. The molecule has 6 nitrogen and oxygen atoms in total. The van der Waals surface area contributed by atoms with Gasteiger partial charge in [-0.05, 0) is 51.4 Å².